The summed E-state index contributed by atoms with van der Waals surface area (Å²) in [5.41, 5.74) is 4.07. The van der Waals surface area contributed by atoms with Gasteiger partial charge in [0.2, 0.25) is 11.6 Å². The van der Waals surface area contributed by atoms with Crippen LogP contribution < -0.4 is 0 Å². The number of allylic oxidation sites excluding steroid dienone is 1. The van der Waals surface area contributed by atoms with Gasteiger partial charge in [0.25, 0.3) is 0 Å². The van der Waals surface area contributed by atoms with E-state index in [1.54, 1.807) is 6.92 Å². The average Bonchev–Trinajstić information content (AvgIpc) is 2.25. The van der Waals surface area contributed by atoms with Crippen LogP contribution in [-0.4, -0.2) is 11.6 Å². The van der Waals surface area contributed by atoms with Gasteiger partial charge in [0.15, 0.2) is 0 Å². The maximum atomic E-state index is 12.0. The van der Waals surface area contributed by atoms with Gasteiger partial charge in [-0.1, -0.05) is 26.0 Å². The molecule has 0 saturated heterocycles. The molecule has 1 aromatic carbocycles. The topological polar surface area (TPSA) is 34.1 Å². The predicted molar refractivity (Wildman–Crippen MR) is 68.3 cm³/mol. The van der Waals surface area contributed by atoms with Gasteiger partial charge in [0.05, 0.1) is 0 Å². The number of hydrogen-bond donors (Lipinski definition) is 0. The Labute approximate surface area is 101 Å². The van der Waals surface area contributed by atoms with Gasteiger partial charge in [-0.25, -0.2) is 0 Å². The number of fused-ring (bicyclic) bond motifs is 1. The molecule has 1 aliphatic rings. The highest BCUT2D eigenvalue weighted by atomic mass is 16.2. The van der Waals surface area contributed by atoms with Crippen LogP contribution in [0.4, 0.5) is 0 Å². The quantitative estimate of drug-likeness (QED) is 0.691. The highest BCUT2D eigenvalue weighted by Gasteiger charge is 2.28. The Hall–Kier alpha value is -1.70. The number of aryl methyl sites for hydroxylation is 1. The van der Waals surface area contributed by atoms with Crippen molar-refractivity contribution in [3.8, 4) is 0 Å². The Morgan fingerprint density at radius 1 is 1.00 bits per heavy atom. The molecule has 2 rings (SSSR count). The molecule has 0 saturated carbocycles. The summed E-state index contributed by atoms with van der Waals surface area (Å²) in [6.45, 7) is 7.77. The van der Waals surface area contributed by atoms with E-state index in [2.05, 4.69) is 13.8 Å². The van der Waals surface area contributed by atoms with E-state index in [1.165, 1.54) is 0 Å². The van der Waals surface area contributed by atoms with Crippen molar-refractivity contribution < 1.29 is 9.59 Å². The lowest BCUT2D eigenvalue weighted by Crippen LogP contribution is -2.22. The fourth-order valence-corrected chi connectivity index (χ4v) is 2.28. The number of ketones is 2. The minimum Gasteiger partial charge on any atom is -0.285 e. The first-order valence-electron chi connectivity index (χ1n) is 5.84. The van der Waals surface area contributed by atoms with Crippen molar-refractivity contribution in [3.05, 3.63) is 40.0 Å². The summed E-state index contributed by atoms with van der Waals surface area (Å²) in [6.07, 6.45) is 1.85. The van der Waals surface area contributed by atoms with E-state index < -0.39 is 0 Å². The molecule has 0 aromatic heterocycles. The van der Waals surface area contributed by atoms with E-state index >= 15 is 0 Å². The number of carbonyl (C=O) groups excluding carboxylic acids is 2. The average molecular weight is 228 g/mol. The van der Waals surface area contributed by atoms with Crippen LogP contribution in [0.1, 0.15) is 53.7 Å². The summed E-state index contributed by atoms with van der Waals surface area (Å²) in [4.78, 5) is 23.7. The molecule has 17 heavy (non-hydrogen) atoms. The third kappa shape index (κ3) is 1.74. The van der Waals surface area contributed by atoms with Crippen LogP contribution in [-0.2, 0) is 4.79 Å². The van der Waals surface area contributed by atoms with Crippen LogP contribution in [0, 0.1) is 6.92 Å². The number of carbonyl (C=O) groups is 2. The first-order valence-corrected chi connectivity index (χ1v) is 5.84. The zero-order valence-corrected chi connectivity index (χ0v) is 10.6. The third-order valence-electron chi connectivity index (χ3n) is 3.26. The summed E-state index contributed by atoms with van der Waals surface area (Å²) in [5, 5.41) is 0. The highest BCUT2D eigenvalue weighted by molar-refractivity contribution is 6.52. The van der Waals surface area contributed by atoms with Gasteiger partial charge in [0, 0.05) is 11.1 Å². The molecule has 0 spiro atoms. The van der Waals surface area contributed by atoms with Gasteiger partial charge in [0.1, 0.15) is 0 Å². The number of hydrogen-bond acceptors (Lipinski definition) is 2. The van der Waals surface area contributed by atoms with Crippen molar-refractivity contribution in [1.29, 1.82) is 0 Å². The molecule has 0 radical (unpaired) electrons. The van der Waals surface area contributed by atoms with E-state index in [9.17, 15) is 9.59 Å². The van der Waals surface area contributed by atoms with Gasteiger partial charge in [-0.2, -0.15) is 0 Å². The maximum absolute atomic E-state index is 12.0. The normalized spacial score (nSPS) is 15.0. The van der Waals surface area contributed by atoms with Crippen molar-refractivity contribution in [3.63, 3.8) is 0 Å². The fourth-order valence-electron chi connectivity index (χ4n) is 2.28. The fraction of sp³-hybridized carbons (Fsp3) is 0.333. The zero-order chi connectivity index (χ0) is 12.7. The molecule has 1 aromatic rings. The van der Waals surface area contributed by atoms with Gasteiger partial charge in [-0.15, -0.1) is 0 Å². The summed E-state index contributed by atoms with van der Waals surface area (Å²) in [5.74, 6) is -0.393. The molecule has 0 N–H and O–H groups in total. The first-order chi connectivity index (χ1) is 7.93. The molecular weight excluding hydrogens is 212 g/mol. The Bertz CT molecular complexity index is 548. The van der Waals surface area contributed by atoms with E-state index in [4.69, 9.17) is 0 Å². The summed E-state index contributed by atoms with van der Waals surface area (Å²) in [6, 6.07) is 3.97. The van der Waals surface area contributed by atoms with E-state index in [-0.39, 0.29) is 11.6 Å². The standard InChI is InChI=1S/C15H16O2/c1-8(2)11-6-5-9(3)13-12(11)7-10(4)14(16)15(13)17/h5-8H,1-4H3. The Balaban J connectivity index is 2.80. The molecule has 1 aliphatic carbocycles. The molecular formula is C15H16O2. The number of Topliss-reactive ketones (excluding diaryl/α,β-unsaturated/α-hetero) is 2. The number of rotatable bonds is 1. The molecule has 0 fully saturated rings. The maximum Gasteiger partial charge on any atom is 0.234 e. The van der Waals surface area contributed by atoms with E-state index in [1.807, 2.05) is 25.1 Å². The van der Waals surface area contributed by atoms with Crippen molar-refractivity contribution >= 4 is 17.6 Å². The van der Waals surface area contributed by atoms with E-state index in [0.29, 0.717) is 17.1 Å². The monoisotopic (exact) mass is 228 g/mol. The van der Waals surface area contributed by atoms with Crippen LogP contribution in [0.2, 0.25) is 0 Å². The van der Waals surface area contributed by atoms with E-state index in [0.717, 1.165) is 16.7 Å². The molecule has 0 aliphatic heterocycles. The van der Waals surface area contributed by atoms with Crippen LogP contribution >= 0.6 is 0 Å². The molecule has 0 atom stereocenters. The molecule has 0 amide bonds. The second-order valence-corrected chi connectivity index (χ2v) is 4.90. The molecule has 0 heterocycles. The summed E-state index contributed by atoms with van der Waals surface area (Å²) >= 11 is 0. The summed E-state index contributed by atoms with van der Waals surface area (Å²) < 4.78 is 0. The van der Waals surface area contributed by atoms with Crippen LogP contribution in [0.3, 0.4) is 0 Å². The Morgan fingerprint density at radius 2 is 1.65 bits per heavy atom. The van der Waals surface area contributed by atoms with Crippen molar-refractivity contribution in [2.24, 2.45) is 0 Å². The first kappa shape index (κ1) is 11.8. The zero-order valence-electron chi connectivity index (χ0n) is 10.6. The minimum atomic E-state index is -0.374. The smallest absolute Gasteiger partial charge is 0.234 e. The van der Waals surface area contributed by atoms with Crippen molar-refractivity contribution in [2.45, 2.75) is 33.6 Å². The summed E-state index contributed by atoms with van der Waals surface area (Å²) in [7, 11) is 0. The molecule has 2 heteroatoms. The van der Waals surface area contributed by atoms with Crippen LogP contribution in [0.25, 0.3) is 6.08 Å². The number of benzene rings is 1. The minimum absolute atomic E-state index is 0.342. The highest BCUT2D eigenvalue weighted by Crippen LogP contribution is 2.31. The molecule has 2 nitrogen and oxygen atoms in total. The Morgan fingerprint density at radius 3 is 2.24 bits per heavy atom. The largest absolute Gasteiger partial charge is 0.285 e. The lowest BCUT2D eigenvalue weighted by molar-refractivity contribution is -0.111. The molecule has 88 valence electrons. The lowest BCUT2D eigenvalue weighted by Gasteiger charge is -2.20. The SMILES string of the molecule is CC1=Cc2c(C(C)C)ccc(C)c2C(=O)C1=O. The lowest BCUT2D eigenvalue weighted by atomic mass is 9.82. The van der Waals surface area contributed by atoms with Gasteiger partial charge in [-0.3, -0.25) is 9.59 Å². The second-order valence-electron chi connectivity index (χ2n) is 4.90. The molecule has 0 bridgehead atoms. The predicted octanol–water partition coefficient (Wildman–Crippen LogP) is 3.29. The van der Waals surface area contributed by atoms with Crippen molar-refractivity contribution in [1.82, 2.24) is 0 Å². The van der Waals surface area contributed by atoms with Gasteiger partial charge < -0.3 is 0 Å². The van der Waals surface area contributed by atoms with Gasteiger partial charge >= 0.3 is 0 Å². The van der Waals surface area contributed by atoms with Crippen LogP contribution in [0.15, 0.2) is 17.7 Å². The van der Waals surface area contributed by atoms with Crippen molar-refractivity contribution in [2.75, 3.05) is 0 Å². The molecule has 0 unspecified atom stereocenters. The second kappa shape index (κ2) is 3.95. The Kier molecular flexibility index (Phi) is 2.74. The third-order valence-corrected chi connectivity index (χ3v) is 3.26. The van der Waals surface area contributed by atoms with Gasteiger partial charge in [-0.05, 0) is 42.5 Å². The van der Waals surface area contributed by atoms with Crippen LogP contribution in [0.5, 0.6) is 0 Å².